The molecule has 172 valence electrons. The van der Waals surface area contributed by atoms with Crippen molar-refractivity contribution < 1.29 is 14.3 Å². The Bertz CT molecular complexity index is 961. The number of anilines is 1. The molecule has 2 saturated heterocycles. The molecule has 0 unspecified atom stereocenters. The first-order valence-electron chi connectivity index (χ1n) is 11.6. The number of aromatic amines is 1. The summed E-state index contributed by atoms with van der Waals surface area (Å²) in [6, 6.07) is 5.04. The molecule has 4 rings (SSSR count). The third-order valence-electron chi connectivity index (χ3n) is 6.61. The van der Waals surface area contributed by atoms with E-state index in [1.165, 1.54) is 0 Å². The Labute approximate surface area is 189 Å². The predicted octanol–water partition coefficient (Wildman–Crippen LogP) is 4.42. The number of amides is 3. The average Bonchev–Trinajstić information content (AvgIpc) is 3.37. The number of aromatic nitrogens is 2. The van der Waals surface area contributed by atoms with Crippen molar-refractivity contribution >= 4 is 17.6 Å². The van der Waals surface area contributed by atoms with E-state index in [9.17, 15) is 9.59 Å². The molecule has 2 fully saturated rings. The highest BCUT2D eigenvalue weighted by Gasteiger charge is 2.31. The van der Waals surface area contributed by atoms with Crippen molar-refractivity contribution in [3.05, 3.63) is 40.7 Å². The van der Waals surface area contributed by atoms with Crippen LogP contribution in [-0.4, -0.2) is 58.7 Å². The second kappa shape index (κ2) is 9.63. The number of hydrogen-bond acceptors (Lipinski definition) is 4. The Morgan fingerprint density at radius 2 is 1.84 bits per heavy atom. The van der Waals surface area contributed by atoms with Gasteiger partial charge in [0.1, 0.15) is 5.75 Å². The van der Waals surface area contributed by atoms with Gasteiger partial charge < -0.3 is 19.9 Å². The average molecular weight is 440 g/mol. The fourth-order valence-electron chi connectivity index (χ4n) is 4.93. The molecule has 1 atom stereocenters. The number of aryl methyl sites for hydroxylation is 2. The maximum atomic E-state index is 13.5. The van der Waals surface area contributed by atoms with E-state index in [2.05, 4.69) is 15.5 Å². The zero-order valence-corrected chi connectivity index (χ0v) is 19.2. The van der Waals surface area contributed by atoms with Crippen LogP contribution < -0.4 is 10.1 Å². The number of methoxy groups -OCH3 is 1. The topological polar surface area (TPSA) is 90.6 Å². The maximum absolute atomic E-state index is 13.5. The SMILES string of the molecule is COc1ccc(C(=O)N2CCCC2)cc1NC(=O)N1CCCCC[C@@H]1c1c(C)n[nH]c1C. The van der Waals surface area contributed by atoms with Crippen molar-refractivity contribution in [1.29, 1.82) is 0 Å². The molecular weight excluding hydrogens is 406 g/mol. The second-order valence-electron chi connectivity index (χ2n) is 8.75. The first-order valence-corrected chi connectivity index (χ1v) is 11.6. The molecule has 1 aromatic carbocycles. The molecule has 2 aromatic rings. The summed E-state index contributed by atoms with van der Waals surface area (Å²) in [5.74, 6) is 0.538. The van der Waals surface area contributed by atoms with Crippen molar-refractivity contribution in [3.63, 3.8) is 0 Å². The van der Waals surface area contributed by atoms with Crippen LogP contribution in [0.25, 0.3) is 0 Å². The predicted molar refractivity (Wildman–Crippen MR) is 123 cm³/mol. The van der Waals surface area contributed by atoms with Crippen molar-refractivity contribution in [1.82, 2.24) is 20.0 Å². The molecule has 8 heteroatoms. The summed E-state index contributed by atoms with van der Waals surface area (Å²) in [6.07, 6.45) is 6.11. The lowest BCUT2D eigenvalue weighted by atomic mass is 9.99. The third kappa shape index (κ3) is 4.45. The van der Waals surface area contributed by atoms with E-state index in [1.807, 2.05) is 23.6 Å². The minimum Gasteiger partial charge on any atom is -0.495 e. The van der Waals surface area contributed by atoms with Gasteiger partial charge in [-0.1, -0.05) is 12.8 Å². The molecular formula is C24H33N5O3. The number of carbonyl (C=O) groups is 2. The van der Waals surface area contributed by atoms with Gasteiger partial charge in [-0.05, 0) is 57.7 Å². The largest absolute Gasteiger partial charge is 0.495 e. The fourth-order valence-corrected chi connectivity index (χ4v) is 4.93. The van der Waals surface area contributed by atoms with Gasteiger partial charge in [-0.3, -0.25) is 9.89 Å². The Morgan fingerprint density at radius 3 is 2.53 bits per heavy atom. The van der Waals surface area contributed by atoms with Gasteiger partial charge in [-0.2, -0.15) is 5.10 Å². The molecule has 2 N–H and O–H groups in total. The van der Waals surface area contributed by atoms with Gasteiger partial charge in [0.25, 0.3) is 5.91 Å². The highest BCUT2D eigenvalue weighted by molar-refractivity contribution is 5.98. The summed E-state index contributed by atoms with van der Waals surface area (Å²) in [7, 11) is 1.57. The van der Waals surface area contributed by atoms with E-state index in [1.54, 1.807) is 25.3 Å². The third-order valence-corrected chi connectivity index (χ3v) is 6.61. The molecule has 3 heterocycles. The van der Waals surface area contributed by atoms with Crippen molar-refractivity contribution in [3.8, 4) is 5.75 Å². The van der Waals surface area contributed by atoms with Crippen LogP contribution in [0.15, 0.2) is 18.2 Å². The van der Waals surface area contributed by atoms with E-state index in [4.69, 9.17) is 4.74 Å². The number of ether oxygens (including phenoxy) is 1. The molecule has 1 aromatic heterocycles. The zero-order valence-electron chi connectivity index (χ0n) is 19.2. The van der Waals surface area contributed by atoms with E-state index < -0.39 is 0 Å². The van der Waals surface area contributed by atoms with Crippen LogP contribution in [0.5, 0.6) is 5.75 Å². The highest BCUT2D eigenvalue weighted by Crippen LogP contribution is 2.34. The van der Waals surface area contributed by atoms with Crippen LogP contribution in [0, 0.1) is 13.8 Å². The molecule has 0 spiro atoms. The van der Waals surface area contributed by atoms with E-state index in [-0.39, 0.29) is 18.0 Å². The molecule has 8 nitrogen and oxygen atoms in total. The van der Waals surface area contributed by atoms with Crippen molar-refractivity contribution in [2.75, 3.05) is 32.1 Å². The van der Waals surface area contributed by atoms with E-state index in [0.29, 0.717) is 23.5 Å². The lowest BCUT2D eigenvalue weighted by Gasteiger charge is -2.31. The number of urea groups is 1. The zero-order chi connectivity index (χ0) is 22.7. The lowest BCUT2D eigenvalue weighted by Crippen LogP contribution is -2.38. The number of nitrogens with zero attached hydrogens (tertiary/aromatic N) is 3. The van der Waals surface area contributed by atoms with Crippen molar-refractivity contribution in [2.24, 2.45) is 0 Å². The second-order valence-corrected chi connectivity index (χ2v) is 8.75. The maximum Gasteiger partial charge on any atom is 0.322 e. The summed E-state index contributed by atoms with van der Waals surface area (Å²) in [5.41, 5.74) is 4.13. The molecule has 0 bridgehead atoms. The summed E-state index contributed by atoms with van der Waals surface area (Å²) in [6.45, 7) is 6.23. The number of benzene rings is 1. The Balaban J connectivity index is 1.59. The minimum atomic E-state index is -0.180. The van der Waals surface area contributed by atoms with Crippen molar-refractivity contribution in [2.45, 2.75) is 58.4 Å². The molecule has 3 amide bonds. The van der Waals surface area contributed by atoms with Crippen LogP contribution in [0.4, 0.5) is 10.5 Å². The molecule has 0 saturated carbocycles. The molecule has 2 aliphatic rings. The smallest absolute Gasteiger partial charge is 0.322 e. The van der Waals surface area contributed by atoms with Crippen LogP contribution in [0.2, 0.25) is 0 Å². The van der Waals surface area contributed by atoms with Crippen LogP contribution in [-0.2, 0) is 0 Å². The lowest BCUT2D eigenvalue weighted by molar-refractivity contribution is 0.0792. The Hall–Kier alpha value is -3.03. The van der Waals surface area contributed by atoms with Gasteiger partial charge in [0, 0.05) is 36.5 Å². The quantitative estimate of drug-likeness (QED) is 0.738. The number of nitrogens with one attached hydrogen (secondary N) is 2. The van der Waals surface area contributed by atoms with Gasteiger partial charge in [0.05, 0.1) is 24.5 Å². The molecule has 2 aliphatic heterocycles. The van der Waals surface area contributed by atoms with Gasteiger partial charge in [-0.25, -0.2) is 4.79 Å². The monoisotopic (exact) mass is 439 g/mol. The highest BCUT2D eigenvalue weighted by atomic mass is 16.5. The van der Waals surface area contributed by atoms with Crippen LogP contribution >= 0.6 is 0 Å². The summed E-state index contributed by atoms with van der Waals surface area (Å²) >= 11 is 0. The first kappa shape index (κ1) is 22.2. The molecule has 0 aliphatic carbocycles. The number of carbonyl (C=O) groups excluding carboxylic acids is 2. The van der Waals surface area contributed by atoms with E-state index in [0.717, 1.165) is 68.6 Å². The molecule has 32 heavy (non-hydrogen) atoms. The van der Waals surface area contributed by atoms with Gasteiger partial charge in [0.15, 0.2) is 0 Å². The Kier molecular flexibility index (Phi) is 6.67. The fraction of sp³-hybridized carbons (Fsp3) is 0.542. The van der Waals surface area contributed by atoms with Crippen LogP contribution in [0.1, 0.15) is 71.9 Å². The standard InChI is InChI=1S/C24H33N5O3/c1-16-22(17(2)27-26-16)20-9-5-4-6-14-29(20)24(31)25-19-15-18(10-11-21(19)32-3)23(30)28-12-7-8-13-28/h10-11,15,20H,4-9,12-14H2,1-3H3,(H,25,31)(H,26,27)/t20-/m1/s1. The van der Waals surface area contributed by atoms with Crippen LogP contribution in [0.3, 0.4) is 0 Å². The first-order chi connectivity index (χ1) is 15.5. The number of rotatable bonds is 4. The number of H-pyrrole nitrogens is 1. The summed E-state index contributed by atoms with van der Waals surface area (Å²) < 4.78 is 5.48. The van der Waals surface area contributed by atoms with Gasteiger partial charge >= 0.3 is 6.03 Å². The Morgan fingerprint density at radius 1 is 1.09 bits per heavy atom. The van der Waals surface area contributed by atoms with Gasteiger partial charge in [-0.15, -0.1) is 0 Å². The normalized spacial score (nSPS) is 19.0. The molecule has 0 radical (unpaired) electrons. The minimum absolute atomic E-state index is 0.00190. The van der Waals surface area contributed by atoms with E-state index >= 15 is 0 Å². The summed E-state index contributed by atoms with van der Waals surface area (Å²) in [5, 5.41) is 10.4. The number of likely N-dealkylation sites (tertiary alicyclic amines) is 2. The summed E-state index contributed by atoms with van der Waals surface area (Å²) in [4.78, 5) is 30.1. The van der Waals surface area contributed by atoms with Gasteiger partial charge in [0.2, 0.25) is 0 Å². The number of hydrogen-bond donors (Lipinski definition) is 2.